The van der Waals surface area contributed by atoms with Crippen LogP contribution in [-0.2, 0) is 25.7 Å². The van der Waals surface area contributed by atoms with Crippen molar-refractivity contribution in [2.45, 2.75) is 63.3 Å². The number of piperidine rings is 2. The molecule has 3 aliphatic heterocycles. The first kappa shape index (κ1) is 27.9. The Hall–Kier alpha value is -4.25. The van der Waals surface area contributed by atoms with Crippen LogP contribution < -0.4 is 10.6 Å². The first-order valence-electron chi connectivity index (χ1n) is 14.6. The molecule has 0 spiro atoms. The second-order valence-corrected chi connectivity index (χ2v) is 11.4. The van der Waals surface area contributed by atoms with E-state index in [1.54, 1.807) is 23.1 Å². The average Bonchev–Trinajstić information content (AvgIpc) is 3.23. The van der Waals surface area contributed by atoms with E-state index < -0.39 is 29.7 Å². The van der Waals surface area contributed by atoms with Gasteiger partial charge < -0.3 is 19.7 Å². The number of likely N-dealkylation sites (tertiary alicyclic amines) is 1. The smallest absolute Gasteiger partial charge is 0.410 e. The van der Waals surface area contributed by atoms with Crippen molar-refractivity contribution in [3.05, 3.63) is 65.2 Å². The van der Waals surface area contributed by atoms with Crippen LogP contribution in [-0.4, -0.2) is 77.4 Å². The summed E-state index contributed by atoms with van der Waals surface area (Å²) in [7, 11) is 0. The van der Waals surface area contributed by atoms with Gasteiger partial charge in [-0.25, -0.2) is 4.79 Å². The lowest BCUT2D eigenvalue weighted by Gasteiger charge is -2.38. The van der Waals surface area contributed by atoms with Crippen LogP contribution in [0.25, 0.3) is 0 Å². The van der Waals surface area contributed by atoms with E-state index in [2.05, 4.69) is 10.6 Å². The Labute approximate surface area is 243 Å². The van der Waals surface area contributed by atoms with Gasteiger partial charge in [0.15, 0.2) is 0 Å². The van der Waals surface area contributed by atoms with Gasteiger partial charge in [0.05, 0.1) is 17.2 Å². The lowest BCUT2D eigenvalue weighted by atomic mass is 9.88. The fourth-order valence-electron chi connectivity index (χ4n) is 6.04. The number of benzene rings is 2. The summed E-state index contributed by atoms with van der Waals surface area (Å²) >= 11 is 0. The van der Waals surface area contributed by atoms with Gasteiger partial charge in [0.25, 0.3) is 11.8 Å². The molecule has 0 bridgehead atoms. The number of amides is 5. The summed E-state index contributed by atoms with van der Waals surface area (Å²) < 4.78 is 11.6. The Morgan fingerprint density at radius 2 is 1.69 bits per heavy atom. The monoisotopic (exact) mass is 574 g/mol. The molecule has 1 saturated carbocycles. The third-order valence-electron chi connectivity index (χ3n) is 8.57. The molecule has 1 atom stereocenters. The Bertz CT molecular complexity index is 1380. The number of hydrogen-bond acceptors (Lipinski definition) is 8. The van der Waals surface area contributed by atoms with E-state index in [-0.39, 0.29) is 48.8 Å². The van der Waals surface area contributed by atoms with Crippen LogP contribution in [0.3, 0.4) is 0 Å². The lowest BCUT2D eigenvalue weighted by Crippen LogP contribution is -2.54. The highest BCUT2D eigenvalue weighted by Gasteiger charge is 2.46. The minimum Gasteiger partial charge on any atom is -0.445 e. The van der Waals surface area contributed by atoms with Crippen molar-refractivity contribution in [1.82, 2.24) is 15.1 Å². The van der Waals surface area contributed by atoms with Crippen LogP contribution in [0.1, 0.15) is 64.8 Å². The highest BCUT2D eigenvalue weighted by Crippen LogP contribution is 2.35. The number of rotatable bonds is 8. The number of hydrogen-bond donors (Lipinski definition) is 2. The molecule has 1 unspecified atom stereocenters. The highest BCUT2D eigenvalue weighted by atomic mass is 16.6. The van der Waals surface area contributed by atoms with E-state index in [0.717, 1.165) is 36.1 Å². The second-order valence-electron chi connectivity index (χ2n) is 11.4. The normalized spacial score (nSPS) is 24.2. The lowest BCUT2D eigenvalue weighted by molar-refractivity contribution is -0.136. The van der Waals surface area contributed by atoms with E-state index in [1.807, 2.05) is 30.3 Å². The van der Waals surface area contributed by atoms with Gasteiger partial charge >= 0.3 is 6.09 Å². The Morgan fingerprint density at radius 1 is 0.929 bits per heavy atom. The fraction of sp³-hybridized carbons (Fsp3) is 0.452. The maximum Gasteiger partial charge on any atom is 0.410 e. The second kappa shape index (κ2) is 11.9. The number of anilines is 1. The number of carbonyl (C=O) groups excluding carboxylic acids is 5. The van der Waals surface area contributed by atoms with Gasteiger partial charge in [0, 0.05) is 37.8 Å². The van der Waals surface area contributed by atoms with Crippen molar-refractivity contribution in [1.29, 1.82) is 0 Å². The van der Waals surface area contributed by atoms with E-state index >= 15 is 0 Å². The predicted molar refractivity (Wildman–Crippen MR) is 150 cm³/mol. The Morgan fingerprint density at radius 3 is 2.43 bits per heavy atom. The zero-order valence-electron chi connectivity index (χ0n) is 23.3. The maximum absolute atomic E-state index is 13.3. The fourth-order valence-corrected chi connectivity index (χ4v) is 6.04. The summed E-state index contributed by atoms with van der Waals surface area (Å²) in [4.78, 5) is 65.4. The molecular weight excluding hydrogens is 540 g/mol. The number of nitrogens with zero attached hydrogens (tertiary/aromatic N) is 2. The van der Waals surface area contributed by atoms with Crippen LogP contribution in [0.15, 0.2) is 48.5 Å². The molecule has 2 aromatic carbocycles. The topological polar surface area (TPSA) is 134 Å². The van der Waals surface area contributed by atoms with Crippen molar-refractivity contribution in [3.63, 3.8) is 0 Å². The van der Waals surface area contributed by atoms with Crippen molar-refractivity contribution < 1.29 is 33.4 Å². The van der Waals surface area contributed by atoms with E-state index in [4.69, 9.17) is 9.47 Å². The van der Waals surface area contributed by atoms with Gasteiger partial charge in [-0.1, -0.05) is 36.4 Å². The minimum atomic E-state index is -0.990. The summed E-state index contributed by atoms with van der Waals surface area (Å²) in [5.41, 5.74) is 2.06. The van der Waals surface area contributed by atoms with Crippen LogP contribution >= 0.6 is 0 Å². The molecule has 6 rings (SSSR count). The van der Waals surface area contributed by atoms with Crippen molar-refractivity contribution in [2.24, 2.45) is 5.92 Å². The SMILES string of the molecule is O=C1CCC(N2C(=O)c3cccc(NC4CC(OCC5CCN(C(=O)OCc6ccccc6)CC5)C4)c3C2=O)C(=O)N1. The molecule has 2 N–H and O–H groups in total. The predicted octanol–water partition coefficient (Wildman–Crippen LogP) is 3.10. The Balaban J connectivity index is 0.940. The number of fused-ring (bicyclic) bond motifs is 1. The molecule has 0 aromatic heterocycles. The average molecular weight is 575 g/mol. The number of nitrogens with one attached hydrogen (secondary N) is 2. The van der Waals surface area contributed by atoms with Crippen molar-refractivity contribution in [2.75, 3.05) is 25.0 Å². The summed E-state index contributed by atoms with van der Waals surface area (Å²) in [5, 5.41) is 5.61. The number of carbonyl (C=O) groups is 5. The quantitative estimate of drug-likeness (QED) is 0.460. The van der Waals surface area contributed by atoms with Gasteiger partial charge in [-0.2, -0.15) is 0 Å². The molecule has 11 heteroatoms. The summed E-state index contributed by atoms with van der Waals surface area (Å²) in [6, 6.07) is 13.8. The van der Waals surface area contributed by atoms with Gasteiger partial charge in [0.2, 0.25) is 11.8 Å². The third-order valence-corrected chi connectivity index (χ3v) is 8.57. The van der Waals surface area contributed by atoms with Crippen molar-refractivity contribution >= 4 is 35.4 Å². The molecule has 3 heterocycles. The minimum absolute atomic E-state index is 0.0821. The molecule has 2 aromatic rings. The molecule has 0 radical (unpaired) electrons. The van der Waals surface area contributed by atoms with Gasteiger partial charge in [-0.15, -0.1) is 0 Å². The van der Waals surface area contributed by atoms with Crippen LogP contribution in [0, 0.1) is 5.92 Å². The van der Waals surface area contributed by atoms with E-state index in [0.29, 0.717) is 31.3 Å². The van der Waals surface area contributed by atoms with Crippen LogP contribution in [0.4, 0.5) is 10.5 Å². The molecule has 42 heavy (non-hydrogen) atoms. The molecule has 220 valence electrons. The molecule has 5 amide bonds. The van der Waals surface area contributed by atoms with Gasteiger partial charge in [-0.05, 0) is 55.7 Å². The molecule has 3 fully saturated rings. The molecule has 11 nitrogen and oxygen atoms in total. The molecular formula is C31H34N4O7. The van der Waals surface area contributed by atoms with Crippen LogP contribution in [0.5, 0.6) is 0 Å². The largest absolute Gasteiger partial charge is 0.445 e. The molecule has 1 aliphatic carbocycles. The summed E-state index contributed by atoms with van der Waals surface area (Å²) in [5.74, 6) is -1.67. The van der Waals surface area contributed by atoms with Gasteiger partial charge in [0.1, 0.15) is 12.6 Å². The maximum atomic E-state index is 13.3. The summed E-state index contributed by atoms with van der Waals surface area (Å²) in [6.07, 6.45) is 3.30. The third kappa shape index (κ3) is 5.74. The van der Waals surface area contributed by atoms with E-state index in [1.165, 1.54) is 0 Å². The summed E-state index contributed by atoms with van der Waals surface area (Å²) in [6.45, 7) is 2.21. The zero-order valence-corrected chi connectivity index (χ0v) is 23.3. The van der Waals surface area contributed by atoms with Crippen molar-refractivity contribution in [3.8, 4) is 0 Å². The number of imide groups is 2. The first-order chi connectivity index (χ1) is 20.4. The Kier molecular flexibility index (Phi) is 7.92. The van der Waals surface area contributed by atoms with Gasteiger partial charge in [-0.3, -0.25) is 29.4 Å². The highest BCUT2D eigenvalue weighted by molar-refractivity contribution is 6.25. The first-order valence-corrected chi connectivity index (χ1v) is 14.6. The van der Waals surface area contributed by atoms with E-state index in [9.17, 15) is 24.0 Å². The molecule has 4 aliphatic rings. The molecule has 2 saturated heterocycles. The number of ether oxygens (including phenoxy) is 2. The zero-order chi connectivity index (χ0) is 29.2. The standard InChI is InChI=1S/C31H34N4O7/c36-26-10-9-25(28(37)33-26)35-29(38)23-7-4-8-24(27(23)30(35)39)32-21-15-22(16-21)41-17-20-11-13-34(14-12-20)31(40)42-18-19-5-2-1-3-6-19/h1-8,20-22,25,32H,9-18H2,(H,33,36,37). The van der Waals surface area contributed by atoms with Crippen LogP contribution in [0.2, 0.25) is 0 Å².